The Hall–Kier alpha value is -2.66. The fourth-order valence-electron chi connectivity index (χ4n) is 2.81. The van der Waals surface area contributed by atoms with Gasteiger partial charge in [0, 0.05) is 19.5 Å². The number of amides is 2. The summed E-state index contributed by atoms with van der Waals surface area (Å²) in [7, 11) is 0. The minimum Gasteiger partial charge on any atom is -0.370 e. The molecular weight excluding hydrogens is 326 g/mol. The van der Waals surface area contributed by atoms with Crippen LogP contribution in [0.15, 0.2) is 60.7 Å². The normalized spacial score (nSPS) is 11.7. The summed E-state index contributed by atoms with van der Waals surface area (Å²) < 4.78 is 0. The quantitative estimate of drug-likeness (QED) is 0.683. The minimum atomic E-state index is -0.700. The summed E-state index contributed by atoms with van der Waals surface area (Å²) >= 11 is 0. The Kier molecular flexibility index (Phi) is 7.83. The van der Waals surface area contributed by atoms with Gasteiger partial charge in [-0.05, 0) is 30.4 Å². The van der Waals surface area contributed by atoms with Crippen molar-refractivity contribution >= 4 is 11.8 Å². The van der Waals surface area contributed by atoms with Crippen molar-refractivity contribution < 1.29 is 9.59 Å². The summed E-state index contributed by atoms with van der Waals surface area (Å²) in [6, 6.07) is 19.4. The van der Waals surface area contributed by atoms with Crippen LogP contribution in [0, 0.1) is 0 Å². The van der Waals surface area contributed by atoms with Gasteiger partial charge in [0.15, 0.2) is 0 Å². The number of rotatable bonds is 10. The van der Waals surface area contributed by atoms with Gasteiger partial charge < -0.3 is 16.4 Å². The fourth-order valence-corrected chi connectivity index (χ4v) is 2.81. The van der Waals surface area contributed by atoms with E-state index < -0.39 is 11.9 Å². The van der Waals surface area contributed by atoms with Gasteiger partial charge in [0.2, 0.25) is 11.8 Å². The number of nitrogens with two attached hydrogens (primary N) is 2. The molecule has 0 saturated heterocycles. The summed E-state index contributed by atoms with van der Waals surface area (Å²) in [5, 5.41) is 0. The van der Waals surface area contributed by atoms with Crippen LogP contribution in [0.4, 0.5) is 0 Å². The smallest absolute Gasteiger partial charge is 0.239 e. The molecule has 4 N–H and O–H groups in total. The van der Waals surface area contributed by atoms with E-state index in [1.54, 1.807) is 4.90 Å². The Morgan fingerprint density at radius 3 is 1.73 bits per heavy atom. The SMILES string of the molecule is NC(=O)CC[C@H](N)C(=O)N(CCc1ccccc1)CCc1ccccc1. The number of hydrogen-bond acceptors (Lipinski definition) is 3. The Bertz CT molecular complexity index is 645. The number of primary amides is 1. The molecule has 0 heterocycles. The van der Waals surface area contributed by atoms with Crippen LogP contribution in [-0.2, 0) is 22.4 Å². The first-order chi connectivity index (χ1) is 12.6. The topological polar surface area (TPSA) is 89.4 Å². The molecule has 0 unspecified atom stereocenters. The highest BCUT2D eigenvalue weighted by molar-refractivity contribution is 5.82. The lowest BCUT2D eigenvalue weighted by Gasteiger charge is -2.26. The zero-order valence-corrected chi connectivity index (χ0v) is 15.0. The second kappa shape index (κ2) is 10.4. The molecule has 0 spiro atoms. The van der Waals surface area contributed by atoms with Gasteiger partial charge in [0.05, 0.1) is 6.04 Å². The highest BCUT2D eigenvalue weighted by atomic mass is 16.2. The van der Waals surface area contributed by atoms with E-state index in [2.05, 4.69) is 0 Å². The minimum absolute atomic E-state index is 0.123. The first kappa shape index (κ1) is 19.7. The molecule has 0 radical (unpaired) electrons. The first-order valence-electron chi connectivity index (χ1n) is 8.97. The highest BCUT2D eigenvalue weighted by Gasteiger charge is 2.21. The van der Waals surface area contributed by atoms with E-state index in [4.69, 9.17) is 11.5 Å². The van der Waals surface area contributed by atoms with Gasteiger partial charge in [0.25, 0.3) is 0 Å². The lowest BCUT2D eigenvalue weighted by molar-refractivity contribution is -0.132. The molecule has 2 aromatic carbocycles. The molecule has 5 nitrogen and oxygen atoms in total. The summed E-state index contributed by atoms with van der Waals surface area (Å²) in [6.45, 7) is 1.19. The molecule has 2 amide bonds. The van der Waals surface area contributed by atoms with E-state index in [0.29, 0.717) is 13.1 Å². The molecular formula is C21H27N3O2. The van der Waals surface area contributed by atoms with Crippen molar-refractivity contribution in [3.8, 4) is 0 Å². The average Bonchev–Trinajstić information content (AvgIpc) is 2.67. The van der Waals surface area contributed by atoms with E-state index in [0.717, 1.165) is 12.8 Å². The van der Waals surface area contributed by atoms with Crippen molar-refractivity contribution in [1.82, 2.24) is 4.90 Å². The maximum absolute atomic E-state index is 12.7. The lowest BCUT2D eigenvalue weighted by atomic mass is 10.1. The summed E-state index contributed by atoms with van der Waals surface area (Å²) in [4.78, 5) is 25.5. The zero-order valence-electron chi connectivity index (χ0n) is 15.0. The predicted molar refractivity (Wildman–Crippen MR) is 103 cm³/mol. The van der Waals surface area contributed by atoms with Crippen molar-refractivity contribution in [3.05, 3.63) is 71.8 Å². The van der Waals surface area contributed by atoms with E-state index in [1.165, 1.54) is 11.1 Å². The van der Waals surface area contributed by atoms with Crippen LogP contribution < -0.4 is 11.5 Å². The zero-order chi connectivity index (χ0) is 18.8. The van der Waals surface area contributed by atoms with Crippen LogP contribution in [0.2, 0.25) is 0 Å². The van der Waals surface area contributed by atoms with Gasteiger partial charge in [-0.2, -0.15) is 0 Å². The molecule has 0 saturated carbocycles. The number of nitrogens with zero attached hydrogens (tertiary/aromatic N) is 1. The van der Waals surface area contributed by atoms with Crippen molar-refractivity contribution in [2.45, 2.75) is 31.7 Å². The second-order valence-electron chi connectivity index (χ2n) is 6.41. The number of carbonyl (C=O) groups excluding carboxylic acids is 2. The Morgan fingerprint density at radius 1 is 0.846 bits per heavy atom. The predicted octanol–water partition coefficient (Wildman–Crippen LogP) is 1.89. The van der Waals surface area contributed by atoms with E-state index in [9.17, 15) is 9.59 Å². The molecule has 0 aliphatic rings. The third-order valence-corrected chi connectivity index (χ3v) is 4.36. The van der Waals surface area contributed by atoms with Gasteiger partial charge in [-0.25, -0.2) is 0 Å². The van der Waals surface area contributed by atoms with Crippen molar-refractivity contribution in [3.63, 3.8) is 0 Å². The summed E-state index contributed by atoms with van der Waals surface area (Å²) in [6.07, 6.45) is 1.94. The van der Waals surface area contributed by atoms with Gasteiger partial charge >= 0.3 is 0 Å². The van der Waals surface area contributed by atoms with Crippen LogP contribution in [0.3, 0.4) is 0 Å². The molecule has 2 rings (SSSR count). The number of benzene rings is 2. The maximum Gasteiger partial charge on any atom is 0.239 e. The van der Waals surface area contributed by atoms with Gasteiger partial charge in [-0.1, -0.05) is 60.7 Å². The molecule has 0 aliphatic carbocycles. The highest BCUT2D eigenvalue weighted by Crippen LogP contribution is 2.08. The molecule has 2 aromatic rings. The standard InChI is InChI=1S/C21H27N3O2/c22-19(11-12-20(23)25)21(26)24(15-13-17-7-3-1-4-8-17)16-14-18-9-5-2-6-10-18/h1-10,19H,11-16,22H2,(H2,23,25)/t19-/m0/s1. The Labute approximate surface area is 155 Å². The molecule has 0 bridgehead atoms. The molecule has 5 heteroatoms. The largest absolute Gasteiger partial charge is 0.370 e. The lowest BCUT2D eigenvalue weighted by Crippen LogP contribution is -2.45. The Morgan fingerprint density at radius 2 is 1.31 bits per heavy atom. The van der Waals surface area contributed by atoms with E-state index in [1.807, 2.05) is 60.7 Å². The average molecular weight is 353 g/mol. The summed E-state index contributed by atoms with van der Waals surface area (Å²) in [5.41, 5.74) is 13.5. The molecule has 138 valence electrons. The van der Waals surface area contributed by atoms with Crippen molar-refractivity contribution in [2.24, 2.45) is 11.5 Å². The van der Waals surface area contributed by atoms with Gasteiger partial charge in [-0.3, -0.25) is 9.59 Å². The molecule has 26 heavy (non-hydrogen) atoms. The molecule has 0 aliphatic heterocycles. The Balaban J connectivity index is 1.99. The third kappa shape index (κ3) is 6.69. The van der Waals surface area contributed by atoms with Crippen LogP contribution >= 0.6 is 0 Å². The number of carbonyl (C=O) groups is 2. The van der Waals surface area contributed by atoms with E-state index in [-0.39, 0.29) is 18.7 Å². The van der Waals surface area contributed by atoms with E-state index >= 15 is 0 Å². The third-order valence-electron chi connectivity index (χ3n) is 4.36. The van der Waals surface area contributed by atoms with Gasteiger partial charge in [-0.15, -0.1) is 0 Å². The van der Waals surface area contributed by atoms with Crippen molar-refractivity contribution in [1.29, 1.82) is 0 Å². The van der Waals surface area contributed by atoms with Crippen LogP contribution in [0.1, 0.15) is 24.0 Å². The first-order valence-corrected chi connectivity index (χ1v) is 8.97. The van der Waals surface area contributed by atoms with Crippen molar-refractivity contribution in [2.75, 3.05) is 13.1 Å². The molecule has 0 fully saturated rings. The second-order valence-corrected chi connectivity index (χ2v) is 6.41. The van der Waals surface area contributed by atoms with Gasteiger partial charge in [0.1, 0.15) is 0 Å². The maximum atomic E-state index is 12.7. The number of hydrogen-bond donors (Lipinski definition) is 2. The summed E-state index contributed by atoms with van der Waals surface area (Å²) in [5.74, 6) is -0.563. The molecule has 0 aromatic heterocycles. The monoisotopic (exact) mass is 353 g/mol. The fraction of sp³-hybridized carbons (Fsp3) is 0.333. The molecule has 1 atom stereocenters. The van der Waals surface area contributed by atoms with Crippen LogP contribution in [0.5, 0.6) is 0 Å². The van der Waals surface area contributed by atoms with Crippen LogP contribution in [-0.4, -0.2) is 35.8 Å². The van der Waals surface area contributed by atoms with Crippen LogP contribution in [0.25, 0.3) is 0 Å².